The highest BCUT2D eigenvalue weighted by atomic mass is 16.3. The molecule has 0 radical (unpaired) electrons. The van der Waals surface area contributed by atoms with Crippen LogP contribution in [0.25, 0.3) is 16.6 Å². The van der Waals surface area contributed by atoms with Gasteiger partial charge in [-0.2, -0.15) is 0 Å². The average Bonchev–Trinajstić information content (AvgIpc) is 3.39. The summed E-state index contributed by atoms with van der Waals surface area (Å²) in [5.74, 6) is -0.183. The van der Waals surface area contributed by atoms with Gasteiger partial charge in [0.2, 0.25) is 5.91 Å². The van der Waals surface area contributed by atoms with Crippen LogP contribution in [0.5, 0.6) is 0 Å². The number of amides is 2. The zero-order chi connectivity index (χ0) is 25.8. The largest absolute Gasteiger partial charge is 0.467 e. The third kappa shape index (κ3) is 5.14. The molecule has 9 heteroatoms. The van der Waals surface area contributed by atoms with E-state index in [1.54, 1.807) is 36.4 Å². The number of nitrogens with one attached hydrogen (secondary N) is 2. The second-order valence-electron chi connectivity index (χ2n) is 8.72. The van der Waals surface area contributed by atoms with Crippen LogP contribution in [-0.2, 0) is 17.9 Å². The molecule has 0 aliphatic carbocycles. The lowest BCUT2D eigenvalue weighted by molar-refractivity contribution is -0.122. The van der Waals surface area contributed by atoms with Crippen molar-refractivity contribution < 1.29 is 14.0 Å². The Balaban J connectivity index is 1.82. The zero-order valence-electron chi connectivity index (χ0n) is 20.4. The van der Waals surface area contributed by atoms with Gasteiger partial charge in [0.25, 0.3) is 11.5 Å². The predicted octanol–water partition coefficient (Wildman–Crippen LogP) is 2.90. The Morgan fingerprint density at radius 1 is 1.06 bits per heavy atom. The number of nitrogens with zero attached hydrogens (tertiary/aromatic N) is 2. The van der Waals surface area contributed by atoms with Gasteiger partial charge in [0.05, 0.1) is 29.4 Å². The second kappa shape index (κ2) is 10.5. The summed E-state index contributed by atoms with van der Waals surface area (Å²) in [4.78, 5) is 52.5. The van der Waals surface area contributed by atoms with Crippen LogP contribution >= 0.6 is 0 Å². The summed E-state index contributed by atoms with van der Waals surface area (Å²) in [5, 5.41) is 5.81. The molecule has 4 rings (SSSR count). The van der Waals surface area contributed by atoms with Gasteiger partial charge in [-0.05, 0) is 62.7 Å². The molecule has 186 valence electrons. The molecule has 4 aromatic rings. The van der Waals surface area contributed by atoms with E-state index in [1.807, 2.05) is 20.8 Å². The molecule has 0 unspecified atom stereocenters. The minimum absolute atomic E-state index is 0.0783. The summed E-state index contributed by atoms with van der Waals surface area (Å²) >= 11 is 0. The molecule has 0 spiro atoms. The number of furan rings is 1. The van der Waals surface area contributed by atoms with E-state index in [9.17, 15) is 19.2 Å². The Morgan fingerprint density at radius 2 is 1.81 bits per heavy atom. The fourth-order valence-electron chi connectivity index (χ4n) is 3.83. The van der Waals surface area contributed by atoms with Crippen molar-refractivity contribution in [1.29, 1.82) is 0 Å². The molecule has 0 fully saturated rings. The standard InChI is InChI=1S/C27H28N4O5/c1-4-18(3)29-24(32)16-30-23-14-19(25(33)28-15-21-6-5-13-36-21)9-12-22(23)26(34)31(27(30)35)20-10-7-17(2)8-11-20/h5-14,18H,4,15-16H2,1-3H3,(H,28,33)(H,29,32)/t18-/m1/s1. The normalized spacial score (nSPS) is 11.9. The average molecular weight is 489 g/mol. The van der Waals surface area contributed by atoms with E-state index >= 15 is 0 Å². The van der Waals surface area contributed by atoms with Crippen LogP contribution in [0.3, 0.4) is 0 Å². The van der Waals surface area contributed by atoms with Gasteiger partial charge in [-0.15, -0.1) is 0 Å². The molecule has 1 atom stereocenters. The van der Waals surface area contributed by atoms with Gasteiger partial charge in [-0.25, -0.2) is 9.36 Å². The molecular formula is C27H28N4O5. The van der Waals surface area contributed by atoms with Crippen molar-refractivity contribution in [2.75, 3.05) is 0 Å². The molecule has 2 aromatic carbocycles. The van der Waals surface area contributed by atoms with E-state index in [0.29, 0.717) is 11.4 Å². The number of hydrogen-bond acceptors (Lipinski definition) is 5. The SMILES string of the molecule is CC[C@@H](C)NC(=O)Cn1c(=O)n(-c2ccc(C)cc2)c(=O)c2ccc(C(=O)NCc3ccco3)cc21. The van der Waals surface area contributed by atoms with Crippen LogP contribution in [0.1, 0.15) is 41.9 Å². The highest BCUT2D eigenvalue weighted by Gasteiger charge is 2.19. The molecule has 9 nitrogen and oxygen atoms in total. The summed E-state index contributed by atoms with van der Waals surface area (Å²) in [6.07, 6.45) is 2.24. The van der Waals surface area contributed by atoms with E-state index in [4.69, 9.17) is 4.42 Å². The van der Waals surface area contributed by atoms with Gasteiger partial charge in [0, 0.05) is 11.6 Å². The van der Waals surface area contributed by atoms with Gasteiger partial charge in [-0.3, -0.25) is 19.0 Å². The molecule has 36 heavy (non-hydrogen) atoms. The molecule has 0 bridgehead atoms. The van der Waals surface area contributed by atoms with Crippen LogP contribution < -0.4 is 21.9 Å². The number of fused-ring (bicyclic) bond motifs is 1. The zero-order valence-corrected chi connectivity index (χ0v) is 20.4. The fraction of sp³-hybridized carbons (Fsp3) is 0.259. The molecule has 2 aromatic heterocycles. The Hall–Kier alpha value is -4.40. The lowest BCUT2D eigenvalue weighted by Crippen LogP contribution is -2.43. The van der Waals surface area contributed by atoms with E-state index in [1.165, 1.54) is 29.0 Å². The van der Waals surface area contributed by atoms with E-state index in [0.717, 1.165) is 16.6 Å². The highest BCUT2D eigenvalue weighted by molar-refractivity contribution is 5.98. The summed E-state index contributed by atoms with van der Waals surface area (Å²) < 4.78 is 7.52. The summed E-state index contributed by atoms with van der Waals surface area (Å²) in [6.45, 7) is 5.60. The molecule has 2 amide bonds. The third-order valence-electron chi connectivity index (χ3n) is 6.02. The van der Waals surface area contributed by atoms with Gasteiger partial charge in [-0.1, -0.05) is 24.6 Å². The van der Waals surface area contributed by atoms with Crippen molar-refractivity contribution in [3.63, 3.8) is 0 Å². The molecular weight excluding hydrogens is 460 g/mol. The number of rotatable bonds is 8. The Labute approximate surface area is 207 Å². The number of aryl methyl sites for hydroxylation is 1. The Kier molecular flexibility index (Phi) is 7.19. The number of benzene rings is 2. The van der Waals surface area contributed by atoms with Crippen molar-refractivity contribution in [1.82, 2.24) is 19.8 Å². The predicted molar refractivity (Wildman–Crippen MR) is 136 cm³/mol. The molecule has 2 N–H and O–H groups in total. The summed E-state index contributed by atoms with van der Waals surface area (Å²) in [7, 11) is 0. The maximum atomic E-state index is 13.6. The first kappa shape index (κ1) is 24.7. The van der Waals surface area contributed by atoms with Gasteiger partial charge >= 0.3 is 5.69 Å². The first-order chi connectivity index (χ1) is 17.3. The fourth-order valence-corrected chi connectivity index (χ4v) is 3.83. The maximum Gasteiger partial charge on any atom is 0.336 e. The lowest BCUT2D eigenvalue weighted by atomic mass is 10.1. The maximum absolute atomic E-state index is 13.6. The molecule has 0 saturated carbocycles. The van der Waals surface area contributed by atoms with Crippen LogP contribution in [0.2, 0.25) is 0 Å². The number of carbonyl (C=O) groups is 2. The topological polar surface area (TPSA) is 115 Å². The molecule has 0 aliphatic rings. The minimum Gasteiger partial charge on any atom is -0.467 e. The first-order valence-electron chi connectivity index (χ1n) is 11.7. The van der Waals surface area contributed by atoms with Crippen LogP contribution in [0.4, 0.5) is 0 Å². The van der Waals surface area contributed by atoms with Crippen LogP contribution in [-0.4, -0.2) is 27.0 Å². The Morgan fingerprint density at radius 3 is 2.47 bits per heavy atom. The third-order valence-corrected chi connectivity index (χ3v) is 6.02. The number of aromatic nitrogens is 2. The lowest BCUT2D eigenvalue weighted by Gasteiger charge is -2.17. The van der Waals surface area contributed by atoms with Crippen molar-refractivity contribution in [2.24, 2.45) is 0 Å². The minimum atomic E-state index is -0.663. The molecule has 0 saturated heterocycles. The quantitative estimate of drug-likeness (QED) is 0.396. The van der Waals surface area contributed by atoms with E-state index in [-0.39, 0.29) is 41.5 Å². The van der Waals surface area contributed by atoms with Gasteiger partial charge in [0.15, 0.2) is 0 Å². The molecule has 2 heterocycles. The van der Waals surface area contributed by atoms with Crippen molar-refractivity contribution in [3.8, 4) is 5.69 Å². The monoisotopic (exact) mass is 488 g/mol. The van der Waals surface area contributed by atoms with Crippen molar-refractivity contribution >= 4 is 22.7 Å². The van der Waals surface area contributed by atoms with Gasteiger partial charge < -0.3 is 15.1 Å². The van der Waals surface area contributed by atoms with E-state index in [2.05, 4.69) is 10.6 Å². The highest BCUT2D eigenvalue weighted by Crippen LogP contribution is 2.14. The van der Waals surface area contributed by atoms with Crippen molar-refractivity contribution in [2.45, 2.75) is 46.3 Å². The van der Waals surface area contributed by atoms with E-state index < -0.39 is 17.2 Å². The first-order valence-corrected chi connectivity index (χ1v) is 11.7. The smallest absolute Gasteiger partial charge is 0.336 e. The van der Waals surface area contributed by atoms with Crippen LogP contribution in [0.15, 0.2) is 74.9 Å². The summed E-state index contributed by atoms with van der Waals surface area (Å²) in [5.41, 5.74) is 0.638. The Bertz CT molecular complexity index is 1520. The van der Waals surface area contributed by atoms with Gasteiger partial charge in [0.1, 0.15) is 12.3 Å². The summed E-state index contributed by atoms with van der Waals surface area (Å²) in [6, 6.07) is 14.9. The van der Waals surface area contributed by atoms with Crippen LogP contribution in [0, 0.1) is 6.92 Å². The number of carbonyl (C=O) groups excluding carboxylic acids is 2. The molecule has 0 aliphatic heterocycles. The second-order valence-corrected chi connectivity index (χ2v) is 8.72. The number of hydrogen-bond donors (Lipinski definition) is 2. The van der Waals surface area contributed by atoms with Crippen molar-refractivity contribution in [3.05, 3.63) is 98.6 Å².